The fraction of sp³-hybridized carbons (Fsp3) is 0.455. The number of halogens is 2. The van der Waals surface area contributed by atoms with Crippen molar-refractivity contribution in [3.8, 4) is 0 Å². The molecule has 1 unspecified atom stereocenters. The Morgan fingerprint density at radius 2 is 2.21 bits per heavy atom. The summed E-state index contributed by atoms with van der Waals surface area (Å²) < 4.78 is 26.5. The average Bonchev–Trinajstić information content (AvgIpc) is 2.74. The van der Waals surface area contributed by atoms with E-state index in [2.05, 4.69) is 5.32 Å². The molecular formula is C11H11F2N. The summed E-state index contributed by atoms with van der Waals surface area (Å²) in [5.41, 5.74) is 0.471. The zero-order chi connectivity index (χ0) is 9.76. The van der Waals surface area contributed by atoms with E-state index < -0.39 is 11.6 Å². The molecule has 1 saturated heterocycles. The van der Waals surface area contributed by atoms with Gasteiger partial charge in [0, 0.05) is 11.5 Å². The van der Waals surface area contributed by atoms with E-state index in [4.69, 9.17) is 0 Å². The topological polar surface area (TPSA) is 12.0 Å². The summed E-state index contributed by atoms with van der Waals surface area (Å²) in [6.07, 6.45) is 1.88. The minimum Gasteiger partial charge on any atom is -0.313 e. The van der Waals surface area contributed by atoms with Crippen molar-refractivity contribution in [3.05, 3.63) is 35.4 Å². The van der Waals surface area contributed by atoms with Crippen molar-refractivity contribution < 1.29 is 8.78 Å². The normalized spacial score (nSPS) is 34.3. The van der Waals surface area contributed by atoms with Gasteiger partial charge in [-0.1, -0.05) is 12.1 Å². The minimum absolute atomic E-state index is 0.0911. The lowest BCUT2D eigenvalue weighted by Crippen LogP contribution is -2.13. The van der Waals surface area contributed by atoms with Gasteiger partial charge < -0.3 is 5.32 Å². The molecule has 14 heavy (non-hydrogen) atoms. The molecule has 2 atom stereocenters. The van der Waals surface area contributed by atoms with E-state index in [1.54, 1.807) is 12.1 Å². The number of fused-ring (bicyclic) bond motifs is 1. The SMILES string of the molecule is Fc1cccc([C@@]23CCNC2C3)c1F. The van der Waals surface area contributed by atoms with Crippen LogP contribution >= 0.6 is 0 Å². The van der Waals surface area contributed by atoms with Gasteiger partial charge in [-0.25, -0.2) is 8.78 Å². The maximum atomic E-state index is 13.5. The highest BCUT2D eigenvalue weighted by molar-refractivity contribution is 5.39. The average molecular weight is 195 g/mol. The predicted molar refractivity (Wildman–Crippen MR) is 49.1 cm³/mol. The molecule has 0 aromatic heterocycles. The van der Waals surface area contributed by atoms with Gasteiger partial charge in [0.2, 0.25) is 0 Å². The molecule has 1 aliphatic heterocycles. The number of rotatable bonds is 1. The fourth-order valence-electron chi connectivity index (χ4n) is 2.64. The highest BCUT2D eigenvalue weighted by Gasteiger charge is 2.59. The number of hydrogen-bond acceptors (Lipinski definition) is 1. The lowest BCUT2D eigenvalue weighted by Gasteiger charge is -2.12. The van der Waals surface area contributed by atoms with Crippen LogP contribution in [0.4, 0.5) is 8.78 Å². The van der Waals surface area contributed by atoms with E-state index in [-0.39, 0.29) is 5.41 Å². The molecular weight excluding hydrogens is 184 g/mol. The number of piperidine rings is 1. The van der Waals surface area contributed by atoms with E-state index in [0.29, 0.717) is 11.6 Å². The zero-order valence-corrected chi connectivity index (χ0v) is 7.69. The zero-order valence-electron chi connectivity index (χ0n) is 7.69. The molecule has 0 spiro atoms. The van der Waals surface area contributed by atoms with E-state index >= 15 is 0 Å². The van der Waals surface area contributed by atoms with Gasteiger partial charge in [-0.05, 0) is 31.0 Å². The standard InChI is InChI=1S/C11H11F2N/c12-8-3-1-2-7(10(8)13)11-4-5-14-9(11)6-11/h1-3,9,14H,4-6H2/t9?,11-/m0/s1. The van der Waals surface area contributed by atoms with Gasteiger partial charge >= 0.3 is 0 Å². The molecule has 0 amide bonds. The monoisotopic (exact) mass is 195 g/mol. The summed E-state index contributed by atoms with van der Waals surface area (Å²) >= 11 is 0. The van der Waals surface area contributed by atoms with Crippen LogP contribution < -0.4 is 5.32 Å². The molecule has 1 saturated carbocycles. The lowest BCUT2D eigenvalue weighted by molar-refractivity contribution is 0.483. The molecule has 74 valence electrons. The van der Waals surface area contributed by atoms with Gasteiger partial charge in [-0.2, -0.15) is 0 Å². The molecule has 3 rings (SSSR count). The molecule has 2 aliphatic rings. The molecule has 1 heterocycles. The predicted octanol–water partition coefficient (Wildman–Crippen LogP) is 1.97. The fourth-order valence-corrected chi connectivity index (χ4v) is 2.64. The molecule has 0 bridgehead atoms. The summed E-state index contributed by atoms with van der Waals surface area (Å²) in [5.74, 6) is -1.38. The van der Waals surface area contributed by atoms with Crippen molar-refractivity contribution in [3.63, 3.8) is 0 Å². The molecule has 3 heteroatoms. The Labute approximate surface area is 81.1 Å². The van der Waals surface area contributed by atoms with E-state index in [9.17, 15) is 8.78 Å². The van der Waals surface area contributed by atoms with Crippen LogP contribution in [0, 0.1) is 11.6 Å². The van der Waals surface area contributed by atoms with Gasteiger partial charge in [-0.3, -0.25) is 0 Å². The Hall–Kier alpha value is -0.960. The van der Waals surface area contributed by atoms with Crippen LogP contribution in [0.1, 0.15) is 18.4 Å². The summed E-state index contributed by atoms with van der Waals surface area (Å²) in [6, 6.07) is 4.86. The van der Waals surface area contributed by atoms with E-state index in [1.807, 2.05) is 0 Å². The van der Waals surface area contributed by atoms with Gasteiger partial charge in [0.05, 0.1) is 0 Å². The van der Waals surface area contributed by atoms with Crippen LogP contribution in [0.2, 0.25) is 0 Å². The first kappa shape index (κ1) is 8.36. The first-order chi connectivity index (χ1) is 6.74. The first-order valence-electron chi connectivity index (χ1n) is 4.92. The Morgan fingerprint density at radius 1 is 1.36 bits per heavy atom. The highest BCUT2D eigenvalue weighted by Crippen LogP contribution is 2.54. The molecule has 0 radical (unpaired) electrons. The maximum absolute atomic E-state index is 13.5. The summed E-state index contributed by atoms with van der Waals surface area (Å²) in [7, 11) is 0. The van der Waals surface area contributed by atoms with Crippen molar-refractivity contribution in [2.24, 2.45) is 0 Å². The Morgan fingerprint density at radius 3 is 2.86 bits per heavy atom. The third-order valence-electron chi connectivity index (χ3n) is 3.53. The smallest absolute Gasteiger partial charge is 0.162 e. The van der Waals surface area contributed by atoms with E-state index in [1.165, 1.54) is 6.07 Å². The quantitative estimate of drug-likeness (QED) is 0.722. The van der Waals surface area contributed by atoms with Crippen LogP contribution in [-0.4, -0.2) is 12.6 Å². The summed E-state index contributed by atoms with van der Waals surface area (Å²) in [6.45, 7) is 0.917. The largest absolute Gasteiger partial charge is 0.313 e. The molecule has 2 fully saturated rings. The minimum atomic E-state index is -0.727. The van der Waals surface area contributed by atoms with Crippen molar-refractivity contribution in [2.75, 3.05) is 6.54 Å². The van der Waals surface area contributed by atoms with Crippen LogP contribution in [0.25, 0.3) is 0 Å². The Balaban J connectivity index is 2.09. The van der Waals surface area contributed by atoms with Crippen LogP contribution in [0.15, 0.2) is 18.2 Å². The van der Waals surface area contributed by atoms with Crippen molar-refractivity contribution in [1.29, 1.82) is 0 Å². The first-order valence-corrected chi connectivity index (χ1v) is 4.92. The summed E-state index contributed by atoms with van der Waals surface area (Å²) in [4.78, 5) is 0. The number of benzene rings is 1. The third kappa shape index (κ3) is 0.906. The van der Waals surface area contributed by atoms with Crippen molar-refractivity contribution in [1.82, 2.24) is 5.32 Å². The van der Waals surface area contributed by atoms with Crippen molar-refractivity contribution in [2.45, 2.75) is 24.3 Å². The van der Waals surface area contributed by atoms with Gasteiger partial charge in [0.1, 0.15) is 0 Å². The van der Waals surface area contributed by atoms with Crippen LogP contribution in [-0.2, 0) is 5.41 Å². The lowest BCUT2D eigenvalue weighted by atomic mass is 9.93. The Bertz CT molecular complexity index is 391. The van der Waals surface area contributed by atoms with Gasteiger partial charge in [-0.15, -0.1) is 0 Å². The number of nitrogens with one attached hydrogen (secondary N) is 1. The highest BCUT2D eigenvalue weighted by atomic mass is 19.2. The number of hydrogen-bond donors (Lipinski definition) is 1. The second-order valence-corrected chi connectivity index (χ2v) is 4.22. The summed E-state index contributed by atoms with van der Waals surface area (Å²) in [5, 5.41) is 3.29. The second kappa shape index (κ2) is 2.54. The molecule has 1 N–H and O–H groups in total. The van der Waals surface area contributed by atoms with Gasteiger partial charge in [0.25, 0.3) is 0 Å². The van der Waals surface area contributed by atoms with Crippen LogP contribution in [0.3, 0.4) is 0 Å². The van der Waals surface area contributed by atoms with Crippen molar-refractivity contribution >= 4 is 0 Å². The van der Waals surface area contributed by atoms with Gasteiger partial charge in [0.15, 0.2) is 11.6 Å². The van der Waals surface area contributed by atoms with E-state index in [0.717, 1.165) is 19.4 Å². The molecule has 1 nitrogen and oxygen atoms in total. The molecule has 1 aromatic carbocycles. The maximum Gasteiger partial charge on any atom is 0.162 e. The Kier molecular flexibility index (Phi) is 1.52. The second-order valence-electron chi connectivity index (χ2n) is 4.22. The third-order valence-corrected chi connectivity index (χ3v) is 3.53. The molecule has 1 aliphatic carbocycles. The van der Waals surface area contributed by atoms with Crippen LogP contribution in [0.5, 0.6) is 0 Å². The molecule has 1 aromatic rings.